The third-order valence-electron chi connectivity index (χ3n) is 2.96. The Morgan fingerprint density at radius 2 is 1.63 bits per heavy atom. The van der Waals surface area contributed by atoms with Crippen molar-refractivity contribution in [1.82, 2.24) is 3.97 Å². The minimum Gasteiger partial charge on any atom is -0.506 e. The molecule has 0 unspecified atom stereocenters. The van der Waals surface area contributed by atoms with Crippen LogP contribution in [-0.2, 0) is 10.0 Å². The average molecular weight is 273 g/mol. The van der Waals surface area contributed by atoms with Crippen LogP contribution in [0.2, 0.25) is 0 Å². The summed E-state index contributed by atoms with van der Waals surface area (Å²) in [6.45, 7) is 0. The summed E-state index contributed by atoms with van der Waals surface area (Å²) in [4.78, 5) is 0.191. The maximum Gasteiger partial charge on any atom is 0.268 e. The number of hydrogen-bond acceptors (Lipinski definition) is 3. The third kappa shape index (κ3) is 1.79. The number of nitrogens with zero attached hydrogens (tertiary/aromatic N) is 1. The minimum absolute atomic E-state index is 0.0537. The fraction of sp³-hybridized carbons (Fsp3) is 0. The van der Waals surface area contributed by atoms with Crippen molar-refractivity contribution in [2.24, 2.45) is 0 Å². The molecule has 4 nitrogen and oxygen atoms in total. The summed E-state index contributed by atoms with van der Waals surface area (Å²) in [6.07, 6.45) is 1.45. The van der Waals surface area contributed by atoms with E-state index in [2.05, 4.69) is 0 Å². The second-order valence-electron chi connectivity index (χ2n) is 4.14. The smallest absolute Gasteiger partial charge is 0.268 e. The van der Waals surface area contributed by atoms with E-state index in [4.69, 9.17) is 0 Å². The first kappa shape index (κ1) is 11.8. The number of aromatic nitrogens is 1. The zero-order valence-electron chi connectivity index (χ0n) is 9.89. The van der Waals surface area contributed by atoms with Gasteiger partial charge in [-0.25, -0.2) is 12.4 Å². The Labute approximate surface area is 110 Å². The standard InChI is InChI=1S/C14H11NO3S/c16-13-8-4-5-11-9-10-15(14(11)13)19(17,18)12-6-2-1-3-7-12/h1-10,16H. The molecule has 19 heavy (non-hydrogen) atoms. The van der Waals surface area contributed by atoms with Gasteiger partial charge in [-0.3, -0.25) is 0 Å². The molecule has 0 radical (unpaired) electrons. The minimum atomic E-state index is -3.69. The highest BCUT2D eigenvalue weighted by Gasteiger charge is 2.19. The first-order chi connectivity index (χ1) is 9.10. The Morgan fingerprint density at radius 1 is 0.895 bits per heavy atom. The molecule has 0 saturated heterocycles. The van der Waals surface area contributed by atoms with Crippen molar-refractivity contribution in [3.63, 3.8) is 0 Å². The van der Waals surface area contributed by atoms with Gasteiger partial charge in [0.25, 0.3) is 10.0 Å². The summed E-state index contributed by atoms with van der Waals surface area (Å²) in [7, 11) is -3.69. The molecule has 2 aromatic carbocycles. The Morgan fingerprint density at radius 3 is 2.37 bits per heavy atom. The van der Waals surface area contributed by atoms with E-state index in [1.54, 1.807) is 36.4 Å². The highest BCUT2D eigenvalue weighted by atomic mass is 32.2. The van der Waals surface area contributed by atoms with Gasteiger partial charge in [0, 0.05) is 11.6 Å². The quantitative estimate of drug-likeness (QED) is 0.780. The molecule has 0 saturated carbocycles. The number of hydrogen-bond donors (Lipinski definition) is 1. The molecule has 0 bridgehead atoms. The molecule has 0 atom stereocenters. The van der Waals surface area contributed by atoms with Crippen LogP contribution in [0.15, 0.2) is 65.7 Å². The molecule has 0 amide bonds. The van der Waals surface area contributed by atoms with E-state index < -0.39 is 10.0 Å². The average Bonchev–Trinajstić information content (AvgIpc) is 2.86. The van der Waals surface area contributed by atoms with Crippen LogP contribution in [0.4, 0.5) is 0 Å². The second-order valence-corrected chi connectivity index (χ2v) is 5.96. The molecule has 1 aromatic heterocycles. The van der Waals surface area contributed by atoms with Crippen LogP contribution < -0.4 is 0 Å². The van der Waals surface area contributed by atoms with Gasteiger partial charge in [0.1, 0.15) is 11.3 Å². The number of phenolic OH excluding ortho intramolecular Hbond substituents is 1. The van der Waals surface area contributed by atoms with Gasteiger partial charge in [0.05, 0.1) is 4.90 Å². The maximum atomic E-state index is 12.5. The van der Waals surface area contributed by atoms with Crippen LogP contribution in [0, 0.1) is 0 Å². The van der Waals surface area contributed by atoms with Crippen LogP contribution >= 0.6 is 0 Å². The molecule has 0 aliphatic carbocycles. The largest absolute Gasteiger partial charge is 0.506 e. The normalized spacial score (nSPS) is 11.8. The number of rotatable bonds is 2. The fourth-order valence-corrected chi connectivity index (χ4v) is 3.44. The molecule has 3 rings (SSSR count). The number of para-hydroxylation sites is 1. The van der Waals surface area contributed by atoms with E-state index in [-0.39, 0.29) is 10.6 Å². The lowest BCUT2D eigenvalue weighted by molar-refractivity contribution is 0.479. The summed E-state index contributed by atoms with van der Waals surface area (Å²) in [6, 6.07) is 14.7. The Kier molecular flexibility index (Phi) is 2.57. The number of aromatic hydroxyl groups is 1. The molecule has 5 heteroatoms. The van der Waals surface area contributed by atoms with Crippen LogP contribution in [0.1, 0.15) is 0 Å². The monoisotopic (exact) mass is 273 g/mol. The predicted octanol–water partition coefficient (Wildman–Crippen LogP) is 2.58. The lowest BCUT2D eigenvalue weighted by Crippen LogP contribution is -2.11. The zero-order chi connectivity index (χ0) is 13.5. The van der Waals surface area contributed by atoms with Crippen molar-refractivity contribution in [1.29, 1.82) is 0 Å². The molecule has 0 spiro atoms. The Balaban J connectivity index is 2.31. The molecule has 0 aliphatic heterocycles. The highest BCUT2D eigenvalue weighted by molar-refractivity contribution is 7.90. The molecular weight excluding hydrogens is 262 g/mol. The topological polar surface area (TPSA) is 59.3 Å². The van der Waals surface area contributed by atoms with E-state index in [9.17, 15) is 13.5 Å². The van der Waals surface area contributed by atoms with Gasteiger partial charge in [-0.2, -0.15) is 0 Å². The van der Waals surface area contributed by atoms with Crippen LogP contribution in [0.5, 0.6) is 5.75 Å². The van der Waals surface area contributed by atoms with E-state index in [0.29, 0.717) is 10.9 Å². The first-order valence-electron chi connectivity index (χ1n) is 5.70. The van der Waals surface area contributed by atoms with E-state index in [1.165, 1.54) is 24.4 Å². The second kappa shape index (κ2) is 4.13. The van der Waals surface area contributed by atoms with E-state index in [1.807, 2.05) is 0 Å². The van der Waals surface area contributed by atoms with Gasteiger partial charge in [-0.05, 0) is 24.3 Å². The van der Waals surface area contributed by atoms with Crippen molar-refractivity contribution >= 4 is 20.9 Å². The van der Waals surface area contributed by atoms with Gasteiger partial charge in [0.15, 0.2) is 0 Å². The summed E-state index contributed by atoms with van der Waals surface area (Å²) in [5.74, 6) is -0.0537. The maximum absolute atomic E-state index is 12.5. The van der Waals surface area contributed by atoms with Crippen molar-refractivity contribution in [3.05, 3.63) is 60.8 Å². The SMILES string of the molecule is O=S(=O)(c1ccccc1)n1ccc2cccc(O)c21. The summed E-state index contributed by atoms with van der Waals surface area (Å²) in [5.41, 5.74) is 0.298. The van der Waals surface area contributed by atoms with Crippen LogP contribution in [0.3, 0.4) is 0 Å². The highest BCUT2D eigenvalue weighted by Crippen LogP contribution is 2.28. The van der Waals surface area contributed by atoms with Crippen molar-refractivity contribution in [2.45, 2.75) is 4.90 Å². The van der Waals surface area contributed by atoms with Crippen LogP contribution in [-0.4, -0.2) is 17.5 Å². The number of benzene rings is 2. The zero-order valence-corrected chi connectivity index (χ0v) is 10.7. The lowest BCUT2D eigenvalue weighted by Gasteiger charge is -2.08. The van der Waals surface area contributed by atoms with Crippen molar-refractivity contribution in [2.75, 3.05) is 0 Å². The first-order valence-corrected chi connectivity index (χ1v) is 7.14. The Bertz CT molecular complexity index is 836. The predicted molar refractivity (Wildman–Crippen MR) is 72.6 cm³/mol. The molecule has 3 aromatic rings. The lowest BCUT2D eigenvalue weighted by atomic mass is 10.2. The van der Waals surface area contributed by atoms with E-state index >= 15 is 0 Å². The van der Waals surface area contributed by atoms with Crippen LogP contribution in [0.25, 0.3) is 10.9 Å². The summed E-state index contributed by atoms with van der Waals surface area (Å²) < 4.78 is 26.1. The molecular formula is C14H11NO3S. The summed E-state index contributed by atoms with van der Waals surface area (Å²) in [5, 5.41) is 10.5. The van der Waals surface area contributed by atoms with Gasteiger partial charge in [-0.1, -0.05) is 30.3 Å². The van der Waals surface area contributed by atoms with Gasteiger partial charge < -0.3 is 5.11 Å². The number of fused-ring (bicyclic) bond motifs is 1. The van der Waals surface area contributed by atoms with E-state index in [0.717, 1.165) is 3.97 Å². The van der Waals surface area contributed by atoms with Gasteiger partial charge in [0.2, 0.25) is 0 Å². The molecule has 0 aliphatic rings. The molecule has 1 N–H and O–H groups in total. The third-order valence-corrected chi connectivity index (χ3v) is 4.65. The van der Waals surface area contributed by atoms with Crippen molar-refractivity contribution < 1.29 is 13.5 Å². The molecule has 1 heterocycles. The number of phenols is 1. The molecule has 0 fully saturated rings. The van der Waals surface area contributed by atoms with Gasteiger partial charge in [-0.15, -0.1) is 0 Å². The summed E-state index contributed by atoms with van der Waals surface area (Å²) >= 11 is 0. The molecule has 96 valence electrons. The van der Waals surface area contributed by atoms with Gasteiger partial charge >= 0.3 is 0 Å². The Hall–Kier alpha value is -2.27. The van der Waals surface area contributed by atoms with Crippen molar-refractivity contribution in [3.8, 4) is 5.75 Å². The fourth-order valence-electron chi connectivity index (χ4n) is 2.05.